The first-order valence-corrected chi connectivity index (χ1v) is 12.4. The summed E-state index contributed by atoms with van der Waals surface area (Å²) < 4.78 is 38.8. The van der Waals surface area contributed by atoms with E-state index in [1.165, 1.54) is 6.07 Å². The van der Waals surface area contributed by atoms with Crippen molar-refractivity contribution in [1.29, 1.82) is 0 Å². The van der Waals surface area contributed by atoms with Gasteiger partial charge < -0.3 is 10.1 Å². The monoisotopic (exact) mass is 463 g/mol. The Morgan fingerprint density at radius 1 is 1.03 bits per heavy atom. The van der Waals surface area contributed by atoms with E-state index < -0.39 is 10.1 Å². The average Bonchev–Trinajstić information content (AvgIpc) is 2.73. The predicted octanol–water partition coefficient (Wildman–Crippen LogP) is 5.00. The molecule has 1 amide bonds. The molecule has 0 radical (unpaired) electrons. The van der Waals surface area contributed by atoms with Gasteiger partial charge in [0.25, 0.3) is 10.1 Å². The first kappa shape index (κ1) is 26.0. The molecule has 2 aromatic carbocycles. The summed E-state index contributed by atoms with van der Waals surface area (Å²) in [5.74, 6) is -0.227. The van der Waals surface area contributed by atoms with Crippen LogP contribution in [0.4, 0.5) is 5.69 Å². The minimum absolute atomic E-state index is 0.0790. The van der Waals surface area contributed by atoms with Crippen molar-refractivity contribution in [2.45, 2.75) is 69.8 Å². The third-order valence-electron chi connectivity index (χ3n) is 5.79. The summed E-state index contributed by atoms with van der Waals surface area (Å²) >= 11 is 0. The van der Waals surface area contributed by atoms with E-state index >= 15 is 0 Å². The third kappa shape index (κ3) is 7.39. The summed E-state index contributed by atoms with van der Waals surface area (Å²) in [4.78, 5) is 23.8. The lowest BCUT2D eigenvalue weighted by molar-refractivity contribution is -0.125. The fourth-order valence-electron chi connectivity index (χ4n) is 3.94. The highest BCUT2D eigenvalue weighted by molar-refractivity contribution is 7.86. The summed E-state index contributed by atoms with van der Waals surface area (Å²) in [5, 5.41) is 3.65. The van der Waals surface area contributed by atoms with E-state index in [2.05, 4.69) is 5.32 Å². The molecular weight excluding hydrogens is 430 g/mol. The van der Waals surface area contributed by atoms with Crippen molar-refractivity contribution < 1.29 is 27.3 Å². The molecule has 0 aliphatic heterocycles. The first-order valence-electron chi connectivity index (χ1n) is 11.0. The van der Waals surface area contributed by atoms with Gasteiger partial charge in [0.2, 0.25) is 5.91 Å². The molecule has 0 aromatic heterocycles. The number of carbonyl (C=O) groups excluding carboxylic acids is 2. The van der Waals surface area contributed by atoms with E-state index in [1.54, 1.807) is 44.4 Å². The highest BCUT2D eigenvalue weighted by atomic mass is 32.2. The van der Waals surface area contributed by atoms with Crippen molar-refractivity contribution in [2.75, 3.05) is 12.4 Å². The van der Waals surface area contributed by atoms with Crippen molar-refractivity contribution >= 4 is 38.3 Å². The molecule has 0 aliphatic carbocycles. The number of Topliss-reactive ketones (excluding diaryl/α,β-unsaturated/α-hetero) is 1. The van der Waals surface area contributed by atoms with Gasteiger partial charge in [-0.15, -0.1) is 0 Å². The summed E-state index contributed by atoms with van der Waals surface area (Å²) in [6.45, 7) is 3.51. The lowest BCUT2D eigenvalue weighted by atomic mass is 9.92. The number of benzene rings is 2. The van der Waals surface area contributed by atoms with Crippen LogP contribution in [0.2, 0.25) is 0 Å². The second-order valence-electron chi connectivity index (χ2n) is 8.15. The lowest BCUT2D eigenvalue weighted by Crippen LogP contribution is -2.25. The van der Waals surface area contributed by atoms with Gasteiger partial charge in [0.15, 0.2) is 0 Å². The molecule has 2 N–H and O–H groups in total. The maximum Gasteiger partial charge on any atom is 0.297 e. The molecule has 2 unspecified atom stereocenters. The SMILES string of the molecule is COC(C)C(CCCCCCCC(=O)Nc1ccc2ccccc2c1S(=O)(=O)O)C(C)=O. The number of ketones is 1. The van der Waals surface area contributed by atoms with Gasteiger partial charge in [0, 0.05) is 24.8 Å². The highest BCUT2D eigenvalue weighted by Crippen LogP contribution is 2.30. The standard InChI is InChI=1S/C24H33NO6S/c1-17(26)20(18(2)31-3)12-7-5-4-6-8-14-23(27)25-22-16-15-19-11-9-10-13-21(19)24(22)32(28,29)30/h9-11,13,15-16,18,20H,4-8,12,14H2,1-3H3,(H,25,27)(H,28,29,30). The first-order chi connectivity index (χ1) is 15.1. The molecule has 176 valence electrons. The minimum atomic E-state index is -4.51. The van der Waals surface area contributed by atoms with Crippen LogP contribution in [0.15, 0.2) is 41.3 Å². The fourth-order valence-corrected chi connectivity index (χ4v) is 4.81. The molecule has 8 heteroatoms. The maximum atomic E-state index is 12.3. The Labute approximate surface area is 190 Å². The number of amides is 1. The van der Waals surface area contributed by atoms with E-state index in [1.807, 2.05) is 6.92 Å². The Morgan fingerprint density at radius 2 is 1.69 bits per heavy atom. The van der Waals surface area contributed by atoms with Crippen LogP contribution in [0, 0.1) is 5.92 Å². The average molecular weight is 464 g/mol. The number of rotatable bonds is 13. The van der Waals surface area contributed by atoms with Crippen LogP contribution in [0.1, 0.15) is 58.8 Å². The zero-order valence-corrected chi connectivity index (χ0v) is 19.8. The van der Waals surface area contributed by atoms with Gasteiger partial charge >= 0.3 is 0 Å². The molecule has 2 atom stereocenters. The van der Waals surface area contributed by atoms with E-state index in [4.69, 9.17) is 4.74 Å². The van der Waals surface area contributed by atoms with Crippen molar-refractivity contribution in [2.24, 2.45) is 5.92 Å². The topological polar surface area (TPSA) is 110 Å². The molecule has 0 heterocycles. The molecule has 32 heavy (non-hydrogen) atoms. The number of anilines is 1. The minimum Gasteiger partial charge on any atom is -0.381 e. The number of unbranched alkanes of at least 4 members (excludes halogenated alkanes) is 4. The number of nitrogens with one attached hydrogen (secondary N) is 1. The number of ether oxygens (including phenoxy) is 1. The molecule has 0 aliphatic rings. The number of methoxy groups -OCH3 is 1. The molecule has 0 spiro atoms. The zero-order chi connectivity index (χ0) is 23.7. The Hall–Kier alpha value is -2.29. The van der Waals surface area contributed by atoms with Crippen LogP contribution >= 0.6 is 0 Å². The van der Waals surface area contributed by atoms with Crippen LogP contribution in [0.25, 0.3) is 10.8 Å². The summed E-state index contributed by atoms with van der Waals surface area (Å²) in [5.41, 5.74) is 0.0822. The molecular formula is C24H33NO6S. The van der Waals surface area contributed by atoms with E-state index in [9.17, 15) is 22.6 Å². The smallest absolute Gasteiger partial charge is 0.297 e. The molecule has 2 rings (SSSR count). The quantitative estimate of drug-likeness (QED) is 0.320. The number of carbonyl (C=O) groups is 2. The van der Waals surface area contributed by atoms with Crippen LogP contribution in [-0.2, 0) is 24.4 Å². The molecule has 0 fully saturated rings. The normalized spacial score (nSPS) is 13.6. The summed E-state index contributed by atoms with van der Waals surface area (Å²) in [6, 6.07) is 9.99. The highest BCUT2D eigenvalue weighted by Gasteiger charge is 2.22. The van der Waals surface area contributed by atoms with Crippen LogP contribution < -0.4 is 5.32 Å². The molecule has 7 nitrogen and oxygen atoms in total. The van der Waals surface area contributed by atoms with Crippen LogP contribution in [-0.4, -0.2) is 37.9 Å². The van der Waals surface area contributed by atoms with E-state index in [0.29, 0.717) is 17.2 Å². The maximum absolute atomic E-state index is 12.3. The van der Waals surface area contributed by atoms with Gasteiger partial charge in [-0.25, -0.2) is 0 Å². The lowest BCUT2D eigenvalue weighted by Gasteiger charge is -2.20. The predicted molar refractivity (Wildman–Crippen MR) is 125 cm³/mol. The number of hydrogen-bond donors (Lipinski definition) is 2. The van der Waals surface area contributed by atoms with Gasteiger partial charge in [0.1, 0.15) is 10.7 Å². The van der Waals surface area contributed by atoms with Gasteiger partial charge in [-0.2, -0.15) is 8.42 Å². The second-order valence-corrected chi connectivity index (χ2v) is 9.51. The number of fused-ring (bicyclic) bond motifs is 1. The summed E-state index contributed by atoms with van der Waals surface area (Å²) in [7, 11) is -2.90. The third-order valence-corrected chi connectivity index (χ3v) is 6.75. The Morgan fingerprint density at radius 3 is 2.34 bits per heavy atom. The Bertz CT molecular complexity index is 1030. The van der Waals surface area contributed by atoms with Crippen molar-refractivity contribution in [3.8, 4) is 0 Å². The van der Waals surface area contributed by atoms with Crippen molar-refractivity contribution in [1.82, 2.24) is 0 Å². The largest absolute Gasteiger partial charge is 0.381 e. The van der Waals surface area contributed by atoms with E-state index in [0.717, 1.165) is 32.1 Å². The molecule has 2 aromatic rings. The van der Waals surface area contributed by atoms with Crippen molar-refractivity contribution in [3.63, 3.8) is 0 Å². The van der Waals surface area contributed by atoms with Gasteiger partial charge in [0.05, 0.1) is 11.8 Å². The summed E-state index contributed by atoms with van der Waals surface area (Å²) in [6.07, 6.45) is 5.36. The van der Waals surface area contributed by atoms with Crippen LogP contribution in [0.5, 0.6) is 0 Å². The fraction of sp³-hybridized carbons (Fsp3) is 0.500. The van der Waals surface area contributed by atoms with Gasteiger partial charge in [-0.05, 0) is 38.1 Å². The molecule has 0 saturated carbocycles. The van der Waals surface area contributed by atoms with Crippen LogP contribution in [0.3, 0.4) is 0 Å². The second kappa shape index (κ2) is 12.1. The zero-order valence-electron chi connectivity index (χ0n) is 19.0. The van der Waals surface area contributed by atoms with Crippen molar-refractivity contribution in [3.05, 3.63) is 36.4 Å². The Kier molecular flexibility index (Phi) is 9.81. The number of hydrogen-bond acceptors (Lipinski definition) is 5. The molecule has 0 bridgehead atoms. The Balaban J connectivity index is 1.82. The van der Waals surface area contributed by atoms with Gasteiger partial charge in [-0.1, -0.05) is 56.0 Å². The van der Waals surface area contributed by atoms with Gasteiger partial charge in [-0.3, -0.25) is 14.1 Å². The van der Waals surface area contributed by atoms with E-state index in [-0.39, 0.29) is 40.7 Å². The molecule has 0 saturated heterocycles.